The quantitative estimate of drug-likeness (QED) is 0.460. The Morgan fingerprint density at radius 3 is 2.97 bits per heavy atom. The van der Waals surface area contributed by atoms with E-state index in [1.54, 1.807) is 0 Å². The molecular formula is C21H16FN5O2S. The topological polar surface area (TPSA) is 99.8 Å². The lowest BCUT2D eigenvalue weighted by atomic mass is 9.99. The Morgan fingerprint density at radius 2 is 2.10 bits per heavy atom. The molecule has 2 aromatic heterocycles. The number of amides is 2. The number of carbonyl (C=O) groups excluding carboxylic acids is 2. The molecule has 0 aliphatic carbocycles. The Bertz CT molecular complexity index is 1330. The zero-order valence-electron chi connectivity index (χ0n) is 15.9. The van der Waals surface area contributed by atoms with Gasteiger partial charge in [0.1, 0.15) is 11.3 Å². The second-order valence-corrected chi connectivity index (χ2v) is 8.25. The van der Waals surface area contributed by atoms with E-state index in [4.69, 9.17) is 0 Å². The maximum atomic E-state index is 13.9. The smallest absolute Gasteiger partial charge is 0.259 e. The van der Waals surface area contributed by atoms with Crippen molar-refractivity contribution in [1.82, 2.24) is 15.0 Å². The first-order valence-corrected chi connectivity index (χ1v) is 10.1. The number of rotatable bonds is 3. The number of thiazole rings is 1. The minimum absolute atomic E-state index is 0.0217. The molecule has 3 heterocycles. The van der Waals surface area contributed by atoms with E-state index in [0.717, 1.165) is 33.5 Å². The molecular weight excluding hydrogens is 405 g/mol. The summed E-state index contributed by atoms with van der Waals surface area (Å²) < 4.78 is 13.9. The van der Waals surface area contributed by atoms with E-state index < -0.39 is 11.7 Å². The lowest BCUT2D eigenvalue weighted by Gasteiger charge is -2.17. The van der Waals surface area contributed by atoms with Crippen LogP contribution in [0.3, 0.4) is 0 Å². The highest BCUT2D eigenvalue weighted by Crippen LogP contribution is 2.34. The second kappa shape index (κ2) is 7.03. The molecule has 4 aromatic rings. The highest BCUT2D eigenvalue weighted by atomic mass is 32.1. The third kappa shape index (κ3) is 3.22. The number of halogens is 1. The highest BCUT2D eigenvalue weighted by molar-refractivity contribution is 7.16. The number of aromatic nitrogens is 3. The van der Waals surface area contributed by atoms with Gasteiger partial charge >= 0.3 is 0 Å². The molecule has 0 radical (unpaired) electrons. The zero-order chi connectivity index (χ0) is 20.8. The molecule has 1 aliphatic heterocycles. The van der Waals surface area contributed by atoms with Crippen LogP contribution < -0.4 is 10.6 Å². The molecule has 30 heavy (non-hydrogen) atoms. The highest BCUT2D eigenvalue weighted by Gasteiger charge is 2.19. The van der Waals surface area contributed by atoms with Gasteiger partial charge in [-0.2, -0.15) is 0 Å². The van der Waals surface area contributed by atoms with E-state index in [9.17, 15) is 14.0 Å². The minimum atomic E-state index is -0.519. The number of imidazole rings is 1. The Hall–Kier alpha value is -3.59. The minimum Gasteiger partial charge on any atom is -0.344 e. The van der Waals surface area contributed by atoms with E-state index in [1.807, 2.05) is 25.1 Å². The number of nitrogens with one attached hydrogen (secondary N) is 3. The third-order valence-electron chi connectivity index (χ3n) is 5.02. The normalized spacial score (nSPS) is 13.2. The van der Waals surface area contributed by atoms with E-state index in [0.29, 0.717) is 29.0 Å². The summed E-state index contributed by atoms with van der Waals surface area (Å²) in [7, 11) is 0. The Morgan fingerprint density at radius 1 is 1.23 bits per heavy atom. The molecule has 3 N–H and O–H groups in total. The molecule has 0 bridgehead atoms. The number of fused-ring (bicyclic) bond motifs is 2. The van der Waals surface area contributed by atoms with Crippen molar-refractivity contribution in [2.75, 3.05) is 10.6 Å². The number of carbonyl (C=O) groups is 2. The van der Waals surface area contributed by atoms with Crippen LogP contribution in [0.5, 0.6) is 0 Å². The molecule has 1 aliphatic rings. The number of H-pyrrole nitrogens is 1. The van der Waals surface area contributed by atoms with Crippen LogP contribution in [0.15, 0.2) is 36.7 Å². The van der Waals surface area contributed by atoms with Gasteiger partial charge in [-0.1, -0.05) is 6.07 Å². The summed E-state index contributed by atoms with van der Waals surface area (Å²) in [5.41, 5.74) is 4.57. The lowest BCUT2D eigenvalue weighted by Crippen LogP contribution is -2.18. The van der Waals surface area contributed by atoms with Crippen LogP contribution >= 0.6 is 11.3 Å². The monoisotopic (exact) mass is 421 g/mol. The van der Waals surface area contributed by atoms with E-state index >= 15 is 0 Å². The average molecular weight is 421 g/mol. The molecule has 0 unspecified atom stereocenters. The van der Waals surface area contributed by atoms with Gasteiger partial charge in [0.15, 0.2) is 5.13 Å². The summed E-state index contributed by atoms with van der Waals surface area (Å²) >= 11 is 1.35. The molecule has 0 spiro atoms. The van der Waals surface area contributed by atoms with Gasteiger partial charge in [0.2, 0.25) is 5.91 Å². The Balaban J connectivity index is 1.44. The largest absolute Gasteiger partial charge is 0.344 e. The Labute approximate surface area is 174 Å². The number of hydrogen-bond donors (Lipinski definition) is 3. The van der Waals surface area contributed by atoms with Gasteiger partial charge in [0.05, 0.1) is 23.1 Å². The summed E-state index contributed by atoms with van der Waals surface area (Å²) in [5.74, 6) is -0.970. The van der Waals surface area contributed by atoms with Crippen molar-refractivity contribution in [2.45, 2.75) is 19.8 Å². The average Bonchev–Trinajstić information content (AvgIpc) is 3.33. The van der Waals surface area contributed by atoms with Gasteiger partial charge in [0, 0.05) is 22.5 Å². The summed E-state index contributed by atoms with van der Waals surface area (Å²) in [6.07, 6.45) is 2.56. The fourth-order valence-electron chi connectivity index (χ4n) is 3.60. The van der Waals surface area contributed by atoms with Gasteiger partial charge in [0.25, 0.3) is 5.91 Å². The molecule has 2 amide bonds. The number of aromatic amines is 1. The summed E-state index contributed by atoms with van der Waals surface area (Å²) in [5, 5.41) is 6.05. The number of nitrogens with zero attached hydrogens (tertiary/aromatic N) is 2. The molecule has 5 rings (SSSR count). The first-order valence-electron chi connectivity index (χ1n) is 9.32. The molecule has 9 heteroatoms. The zero-order valence-corrected chi connectivity index (χ0v) is 16.7. The van der Waals surface area contributed by atoms with Gasteiger partial charge in [-0.15, -0.1) is 11.3 Å². The maximum absolute atomic E-state index is 13.9. The molecule has 0 saturated heterocycles. The number of benzene rings is 2. The van der Waals surface area contributed by atoms with Crippen LogP contribution in [-0.4, -0.2) is 26.8 Å². The van der Waals surface area contributed by atoms with Crippen LogP contribution in [0, 0.1) is 12.7 Å². The van der Waals surface area contributed by atoms with Crippen molar-refractivity contribution in [1.29, 1.82) is 0 Å². The molecule has 7 nitrogen and oxygen atoms in total. The fraction of sp³-hybridized carbons (Fsp3) is 0.143. The van der Waals surface area contributed by atoms with Gasteiger partial charge in [-0.05, 0) is 43.2 Å². The third-order valence-corrected chi connectivity index (χ3v) is 5.91. The summed E-state index contributed by atoms with van der Waals surface area (Å²) in [6, 6.07) is 8.25. The number of anilines is 2. The number of aryl methyl sites for hydroxylation is 2. The van der Waals surface area contributed by atoms with Gasteiger partial charge < -0.3 is 10.3 Å². The maximum Gasteiger partial charge on any atom is 0.259 e. The van der Waals surface area contributed by atoms with Crippen molar-refractivity contribution in [3.63, 3.8) is 0 Å². The van der Waals surface area contributed by atoms with Crippen LogP contribution in [0.1, 0.15) is 27.2 Å². The molecule has 0 saturated carbocycles. The Kier molecular flexibility index (Phi) is 4.32. The predicted octanol–water partition coefficient (Wildman–Crippen LogP) is 4.27. The standard InChI is InChI=1S/C21H16FN5O2S/c1-10-18(12-2-4-15-11(6-12)3-5-17(28)25-15)26-21(30-10)27-20(29)14-7-13(22)8-16-19(14)24-9-23-16/h2,4,6-9H,3,5H2,1H3,(H,23,24)(H,25,28)(H,26,27,29). The van der Waals surface area contributed by atoms with E-state index in [1.165, 1.54) is 23.7 Å². The van der Waals surface area contributed by atoms with Crippen LogP contribution in [0.2, 0.25) is 0 Å². The van der Waals surface area contributed by atoms with Crippen molar-refractivity contribution in [3.05, 3.63) is 58.5 Å². The second-order valence-electron chi connectivity index (χ2n) is 7.05. The lowest BCUT2D eigenvalue weighted by molar-refractivity contribution is -0.116. The fourth-order valence-corrected chi connectivity index (χ4v) is 4.43. The first kappa shape index (κ1) is 18.4. The van der Waals surface area contributed by atoms with Crippen molar-refractivity contribution < 1.29 is 14.0 Å². The van der Waals surface area contributed by atoms with E-state index in [-0.39, 0.29) is 11.5 Å². The van der Waals surface area contributed by atoms with Crippen molar-refractivity contribution >= 4 is 45.0 Å². The van der Waals surface area contributed by atoms with E-state index in [2.05, 4.69) is 25.6 Å². The van der Waals surface area contributed by atoms with Crippen molar-refractivity contribution in [3.8, 4) is 11.3 Å². The molecule has 0 fully saturated rings. The molecule has 2 aromatic carbocycles. The van der Waals surface area contributed by atoms with Gasteiger partial charge in [-0.25, -0.2) is 14.4 Å². The number of hydrogen-bond acceptors (Lipinski definition) is 5. The molecule has 150 valence electrons. The predicted molar refractivity (Wildman–Crippen MR) is 113 cm³/mol. The van der Waals surface area contributed by atoms with Crippen molar-refractivity contribution in [2.24, 2.45) is 0 Å². The SMILES string of the molecule is Cc1sc(NC(=O)c2cc(F)cc3[nH]cnc23)nc1-c1ccc2c(c1)CCC(=O)N2. The van der Waals surface area contributed by atoms with Crippen LogP contribution in [-0.2, 0) is 11.2 Å². The summed E-state index contributed by atoms with van der Waals surface area (Å²) in [6.45, 7) is 1.93. The first-order chi connectivity index (χ1) is 14.5. The molecule has 0 atom stereocenters. The summed E-state index contributed by atoms with van der Waals surface area (Å²) in [4.78, 5) is 36.7. The van der Waals surface area contributed by atoms with Crippen LogP contribution in [0.25, 0.3) is 22.3 Å². The van der Waals surface area contributed by atoms with Gasteiger partial charge in [-0.3, -0.25) is 14.9 Å². The van der Waals surface area contributed by atoms with Crippen LogP contribution in [0.4, 0.5) is 15.2 Å².